The molecule has 0 unspecified atom stereocenters. The molecule has 0 aliphatic rings. The number of carboxylic acid groups (broad SMARTS) is 1. The summed E-state index contributed by atoms with van der Waals surface area (Å²) in [6, 6.07) is 3.81. The van der Waals surface area contributed by atoms with E-state index in [0.717, 1.165) is 0 Å². The number of rotatable bonds is 3. The van der Waals surface area contributed by atoms with Crippen LogP contribution in [0.25, 0.3) is 0 Å². The molecule has 0 aromatic heterocycles. The van der Waals surface area contributed by atoms with Crippen molar-refractivity contribution in [3.63, 3.8) is 0 Å². The largest absolute Gasteiger partial charge is 0.707 e. The van der Waals surface area contributed by atoms with E-state index >= 15 is 0 Å². The SMILES string of the molecule is Nc1ccc(OB(O)O)c(C(=O)O)c1. The second kappa shape index (κ2) is 3.99. The molecule has 0 saturated heterocycles. The molecule has 1 rings (SSSR count). The summed E-state index contributed by atoms with van der Waals surface area (Å²) in [4.78, 5) is 10.7. The lowest BCUT2D eigenvalue weighted by molar-refractivity contribution is 0.0694. The molecular weight excluding hydrogens is 189 g/mol. The van der Waals surface area contributed by atoms with Gasteiger partial charge in [0, 0.05) is 5.69 Å². The van der Waals surface area contributed by atoms with E-state index in [1.165, 1.54) is 18.2 Å². The van der Waals surface area contributed by atoms with Crippen LogP contribution < -0.4 is 10.4 Å². The first-order chi connectivity index (χ1) is 6.50. The van der Waals surface area contributed by atoms with Crippen LogP contribution in [-0.4, -0.2) is 28.4 Å². The summed E-state index contributed by atoms with van der Waals surface area (Å²) in [6.45, 7) is 0. The molecule has 0 fully saturated rings. The molecule has 7 heteroatoms. The fourth-order valence-corrected chi connectivity index (χ4v) is 0.931. The average Bonchev–Trinajstić information content (AvgIpc) is 2.07. The molecule has 5 N–H and O–H groups in total. The minimum atomic E-state index is -2.06. The van der Waals surface area contributed by atoms with Gasteiger partial charge in [0.05, 0.1) is 0 Å². The zero-order valence-corrected chi connectivity index (χ0v) is 7.04. The first-order valence-corrected chi connectivity index (χ1v) is 3.66. The van der Waals surface area contributed by atoms with Crippen molar-refractivity contribution >= 4 is 19.0 Å². The quantitative estimate of drug-likeness (QED) is 0.377. The van der Waals surface area contributed by atoms with Gasteiger partial charge in [0.1, 0.15) is 11.3 Å². The van der Waals surface area contributed by atoms with Crippen molar-refractivity contribution in [2.75, 3.05) is 5.73 Å². The molecule has 6 nitrogen and oxygen atoms in total. The van der Waals surface area contributed by atoms with Crippen molar-refractivity contribution in [2.45, 2.75) is 0 Å². The monoisotopic (exact) mass is 197 g/mol. The van der Waals surface area contributed by atoms with Crippen LogP contribution in [-0.2, 0) is 0 Å². The van der Waals surface area contributed by atoms with Gasteiger partial charge >= 0.3 is 13.3 Å². The number of anilines is 1. The van der Waals surface area contributed by atoms with Crippen molar-refractivity contribution in [3.8, 4) is 5.75 Å². The standard InChI is InChI=1S/C7H8BNO5/c9-4-1-2-6(14-8(12)13)5(3-4)7(10)11/h1-3,12-13H,9H2,(H,10,11). The third-order valence-electron chi connectivity index (χ3n) is 1.47. The molecule has 0 aliphatic heterocycles. The van der Waals surface area contributed by atoms with Gasteiger partial charge in [-0.15, -0.1) is 0 Å². The van der Waals surface area contributed by atoms with Crippen molar-refractivity contribution in [1.82, 2.24) is 0 Å². The van der Waals surface area contributed by atoms with Gasteiger partial charge in [-0.05, 0) is 18.2 Å². The summed E-state index contributed by atoms with van der Waals surface area (Å²) in [7, 11) is -2.06. The Morgan fingerprint density at radius 3 is 2.57 bits per heavy atom. The molecule has 0 radical (unpaired) electrons. The van der Waals surface area contributed by atoms with E-state index in [9.17, 15) is 4.79 Å². The lowest BCUT2D eigenvalue weighted by atomic mass is 10.1. The summed E-state index contributed by atoms with van der Waals surface area (Å²) in [5.41, 5.74) is 5.38. The molecule has 0 spiro atoms. The van der Waals surface area contributed by atoms with Crippen LogP contribution in [0.15, 0.2) is 18.2 Å². The Hall–Kier alpha value is -1.73. The van der Waals surface area contributed by atoms with Crippen LogP contribution in [0.2, 0.25) is 0 Å². The molecule has 0 amide bonds. The summed E-state index contributed by atoms with van der Waals surface area (Å²) in [5, 5.41) is 25.7. The Balaban J connectivity index is 3.08. The normalized spacial score (nSPS) is 9.57. The van der Waals surface area contributed by atoms with Crippen LogP contribution in [0.5, 0.6) is 5.75 Å². The zero-order valence-electron chi connectivity index (χ0n) is 7.04. The van der Waals surface area contributed by atoms with Gasteiger partial charge in [-0.1, -0.05) is 0 Å². The average molecular weight is 197 g/mol. The second-order valence-electron chi connectivity index (χ2n) is 2.50. The fourth-order valence-electron chi connectivity index (χ4n) is 0.931. The third-order valence-corrected chi connectivity index (χ3v) is 1.47. The minimum Gasteiger partial charge on any atom is -0.511 e. The van der Waals surface area contributed by atoms with E-state index in [0.29, 0.717) is 0 Å². The highest BCUT2D eigenvalue weighted by Gasteiger charge is 2.17. The molecule has 14 heavy (non-hydrogen) atoms. The molecule has 74 valence electrons. The van der Waals surface area contributed by atoms with Gasteiger partial charge in [-0.2, -0.15) is 0 Å². The van der Waals surface area contributed by atoms with Crippen molar-refractivity contribution in [3.05, 3.63) is 23.8 Å². The lowest BCUT2D eigenvalue weighted by Gasteiger charge is -2.08. The van der Waals surface area contributed by atoms with Crippen LogP contribution in [0.4, 0.5) is 5.69 Å². The van der Waals surface area contributed by atoms with E-state index in [4.69, 9.17) is 20.9 Å². The van der Waals surface area contributed by atoms with Crippen LogP contribution in [0.1, 0.15) is 10.4 Å². The van der Waals surface area contributed by atoms with Crippen molar-refractivity contribution in [2.24, 2.45) is 0 Å². The van der Waals surface area contributed by atoms with Crippen molar-refractivity contribution in [1.29, 1.82) is 0 Å². The Morgan fingerprint density at radius 1 is 1.43 bits per heavy atom. The van der Waals surface area contributed by atoms with Crippen molar-refractivity contribution < 1.29 is 24.6 Å². The van der Waals surface area contributed by atoms with Gasteiger partial charge in [-0.25, -0.2) is 4.79 Å². The summed E-state index contributed by atoms with van der Waals surface area (Å²) in [5.74, 6) is -1.41. The van der Waals surface area contributed by atoms with E-state index in [1.54, 1.807) is 0 Å². The number of carboxylic acids is 1. The Kier molecular flexibility index (Phi) is 2.95. The van der Waals surface area contributed by atoms with Gasteiger partial charge < -0.3 is 25.5 Å². The third kappa shape index (κ3) is 2.38. The Morgan fingerprint density at radius 2 is 2.07 bits per heavy atom. The molecule has 1 aromatic rings. The molecular formula is C7H8BNO5. The Bertz CT molecular complexity index is 354. The van der Waals surface area contributed by atoms with E-state index in [1.807, 2.05) is 0 Å². The van der Waals surface area contributed by atoms with Gasteiger partial charge in [0.2, 0.25) is 0 Å². The van der Waals surface area contributed by atoms with Crippen LogP contribution in [0, 0.1) is 0 Å². The predicted octanol–water partition coefficient (Wildman–Crippen LogP) is -0.685. The van der Waals surface area contributed by atoms with E-state index in [2.05, 4.69) is 4.65 Å². The number of hydrogen-bond donors (Lipinski definition) is 4. The topological polar surface area (TPSA) is 113 Å². The van der Waals surface area contributed by atoms with E-state index in [-0.39, 0.29) is 17.0 Å². The Labute approximate surface area is 79.7 Å². The smallest absolute Gasteiger partial charge is 0.511 e. The van der Waals surface area contributed by atoms with Crippen LogP contribution >= 0.6 is 0 Å². The number of nitrogen functional groups attached to an aromatic ring is 1. The predicted molar refractivity (Wildman–Crippen MR) is 48.6 cm³/mol. The van der Waals surface area contributed by atoms with Gasteiger partial charge in [-0.3, -0.25) is 0 Å². The fraction of sp³-hybridized carbons (Fsp3) is 0. The summed E-state index contributed by atoms with van der Waals surface area (Å²) >= 11 is 0. The molecule has 0 heterocycles. The lowest BCUT2D eigenvalue weighted by Crippen LogP contribution is -2.22. The zero-order chi connectivity index (χ0) is 10.7. The summed E-state index contributed by atoms with van der Waals surface area (Å²) < 4.78 is 4.44. The number of nitrogens with two attached hydrogens (primary N) is 1. The van der Waals surface area contributed by atoms with Crippen LogP contribution in [0.3, 0.4) is 0 Å². The molecule has 0 saturated carbocycles. The number of benzene rings is 1. The van der Waals surface area contributed by atoms with Gasteiger partial charge in [0.25, 0.3) is 0 Å². The highest BCUT2D eigenvalue weighted by atomic mass is 16.6. The highest BCUT2D eigenvalue weighted by molar-refractivity contribution is 6.34. The molecule has 0 atom stereocenters. The maximum Gasteiger partial charge on any atom is 0.707 e. The summed E-state index contributed by atoms with van der Waals surface area (Å²) in [6.07, 6.45) is 0. The number of aromatic carboxylic acids is 1. The number of hydrogen-bond acceptors (Lipinski definition) is 5. The maximum absolute atomic E-state index is 10.7. The van der Waals surface area contributed by atoms with E-state index < -0.39 is 13.3 Å². The highest BCUT2D eigenvalue weighted by Crippen LogP contribution is 2.21. The van der Waals surface area contributed by atoms with Gasteiger partial charge in [0.15, 0.2) is 0 Å². The first kappa shape index (κ1) is 10.4. The molecule has 0 bridgehead atoms. The minimum absolute atomic E-state index is 0.151. The molecule has 0 aliphatic carbocycles. The number of carbonyl (C=O) groups is 1. The molecule has 1 aromatic carbocycles. The maximum atomic E-state index is 10.7. The first-order valence-electron chi connectivity index (χ1n) is 3.66. The second-order valence-corrected chi connectivity index (χ2v) is 2.50.